The molecule has 0 bridgehead atoms. The second kappa shape index (κ2) is 5.97. The highest BCUT2D eigenvalue weighted by atomic mass is 15.1. The van der Waals surface area contributed by atoms with Crippen LogP contribution in [0.3, 0.4) is 0 Å². The molecule has 0 radical (unpaired) electrons. The minimum absolute atomic E-state index is 0.646. The number of aryl methyl sites for hydroxylation is 1. The monoisotopic (exact) mass is 293 g/mol. The van der Waals surface area contributed by atoms with E-state index in [-0.39, 0.29) is 0 Å². The second-order valence-electron chi connectivity index (χ2n) is 5.43. The fourth-order valence-electron chi connectivity index (χ4n) is 2.32. The number of hydrogen-bond acceptors (Lipinski definition) is 5. The van der Waals surface area contributed by atoms with Gasteiger partial charge in [-0.2, -0.15) is 0 Å². The van der Waals surface area contributed by atoms with Crippen LogP contribution in [0.25, 0.3) is 10.9 Å². The molecular formula is C17H19N5. The minimum Gasteiger partial charge on any atom is -0.363 e. The second-order valence-corrected chi connectivity index (χ2v) is 5.43. The third kappa shape index (κ3) is 2.98. The number of nitrogens with zero attached hydrogens (tertiary/aromatic N) is 4. The number of anilines is 2. The molecule has 0 aliphatic heterocycles. The van der Waals surface area contributed by atoms with Gasteiger partial charge in [0, 0.05) is 37.9 Å². The van der Waals surface area contributed by atoms with Gasteiger partial charge in [0.15, 0.2) is 0 Å². The Balaban J connectivity index is 1.95. The van der Waals surface area contributed by atoms with Gasteiger partial charge in [-0.05, 0) is 30.7 Å². The van der Waals surface area contributed by atoms with Gasteiger partial charge in [-0.15, -0.1) is 0 Å². The number of pyridine rings is 1. The van der Waals surface area contributed by atoms with Crippen molar-refractivity contribution in [2.75, 3.05) is 24.3 Å². The average Bonchev–Trinajstić information content (AvgIpc) is 2.52. The zero-order valence-corrected chi connectivity index (χ0v) is 13.0. The molecule has 0 amide bonds. The minimum atomic E-state index is 0.646. The van der Waals surface area contributed by atoms with Crippen molar-refractivity contribution in [1.29, 1.82) is 0 Å². The van der Waals surface area contributed by atoms with Crippen LogP contribution in [0.5, 0.6) is 0 Å². The Morgan fingerprint density at radius 3 is 2.68 bits per heavy atom. The molecule has 0 fully saturated rings. The number of rotatable bonds is 4. The van der Waals surface area contributed by atoms with Crippen molar-refractivity contribution < 1.29 is 0 Å². The van der Waals surface area contributed by atoms with E-state index in [9.17, 15) is 0 Å². The molecule has 2 heterocycles. The summed E-state index contributed by atoms with van der Waals surface area (Å²) in [4.78, 5) is 15.3. The van der Waals surface area contributed by atoms with Crippen LogP contribution in [0.2, 0.25) is 0 Å². The summed E-state index contributed by atoms with van der Waals surface area (Å²) in [5.74, 6) is 1.59. The zero-order valence-electron chi connectivity index (χ0n) is 13.0. The predicted octanol–water partition coefficient (Wildman–Crippen LogP) is 3.01. The Labute approximate surface area is 130 Å². The van der Waals surface area contributed by atoms with Crippen molar-refractivity contribution in [3.8, 4) is 0 Å². The largest absolute Gasteiger partial charge is 0.363 e. The van der Waals surface area contributed by atoms with E-state index in [0.29, 0.717) is 12.5 Å². The lowest BCUT2D eigenvalue weighted by atomic mass is 10.1. The van der Waals surface area contributed by atoms with Crippen molar-refractivity contribution in [2.45, 2.75) is 13.5 Å². The van der Waals surface area contributed by atoms with Gasteiger partial charge in [0.1, 0.15) is 5.82 Å². The van der Waals surface area contributed by atoms with Crippen LogP contribution in [0.15, 0.2) is 42.6 Å². The summed E-state index contributed by atoms with van der Waals surface area (Å²) in [7, 11) is 4.00. The zero-order chi connectivity index (χ0) is 15.5. The van der Waals surface area contributed by atoms with Gasteiger partial charge in [-0.1, -0.05) is 18.2 Å². The van der Waals surface area contributed by atoms with E-state index in [1.165, 1.54) is 5.56 Å². The van der Waals surface area contributed by atoms with Gasteiger partial charge in [-0.25, -0.2) is 15.0 Å². The Kier molecular flexibility index (Phi) is 3.87. The van der Waals surface area contributed by atoms with Gasteiger partial charge in [0.25, 0.3) is 0 Å². The van der Waals surface area contributed by atoms with Crippen molar-refractivity contribution in [3.05, 3.63) is 53.9 Å². The van der Waals surface area contributed by atoms with Crippen LogP contribution < -0.4 is 10.2 Å². The van der Waals surface area contributed by atoms with Crippen LogP contribution in [0.4, 0.5) is 11.8 Å². The first-order chi connectivity index (χ1) is 10.6. The number of hydrogen-bond donors (Lipinski definition) is 1. The van der Waals surface area contributed by atoms with Crippen LogP contribution in [0.1, 0.15) is 11.3 Å². The fraction of sp³-hybridized carbons (Fsp3) is 0.235. The topological polar surface area (TPSA) is 53.9 Å². The summed E-state index contributed by atoms with van der Waals surface area (Å²) in [6.45, 7) is 2.62. The standard InChI is InChI=1S/C17H19N5/c1-12-8-9-18-17(20-12)19-11-13-10-16(22(2)3)21-15-7-5-4-6-14(13)15/h4-10H,11H2,1-3H3,(H,18,19,20). The molecule has 1 aromatic carbocycles. The summed E-state index contributed by atoms with van der Waals surface area (Å²) in [6.07, 6.45) is 1.76. The number of para-hydroxylation sites is 1. The van der Waals surface area contributed by atoms with E-state index < -0.39 is 0 Å². The van der Waals surface area contributed by atoms with Crippen molar-refractivity contribution >= 4 is 22.7 Å². The highest BCUT2D eigenvalue weighted by Gasteiger charge is 2.07. The maximum Gasteiger partial charge on any atom is 0.223 e. The van der Waals surface area contributed by atoms with E-state index in [2.05, 4.69) is 32.4 Å². The summed E-state index contributed by atoms with van der Waals surface area (Å²) < 4.78 is 0. The molecule has 0 unspecified atom stereocenters. The first-order valence-corrected chi connectivity index (χ1v) is 7.23. The molecule has 0 atom stereocenters. The molecule has 5 nitrogen and oxygen atoms in total. The quantitative estimate of drug-likeness (QED) is 0.801. The molecular weight excluding hydrogens is 274 g/mol. The Bertz CT molecular complexity index is 798. The van der Waals surface area contributed by atoms with Crippen molar-refractivity contribution in [2.24, 2.45) is 0 Å². The third-order valence-corrected chi connectivity index (χ3v) is 3.48. The van der Waals surface area contributed by atoms with Gasteiger partial charge in [-0.3, -0.25) is 0 Å². The van der Waals surface area contributed by atoms with Crippen molar-refractivity contribution in [3.63, 3.8) is 0 Å². The van der Waals surface area contributed by atoms with Gasteiger partial charge in [0.2, 0.25) is 5.95 Å². The molecule has 0 aliphatic rings. The summed E-state index contributed by atoms with van der Waals surface area (Å²) in [5.41, 5.74) is 3.13. The molecule has 2 aromatic heterocycles. The van der Waals surface area contributed by atoms with Gasteiger partial charge < -0.3 is 10.2 Å². The molecule has 3 rings (SSSR count). The predicted molar refractivity (Wildman–Crippen MR) is 90.2 cm³/mol. The van der Waals surface area contributed by atoms with Crippen LogP contribution in [-0.2, 0) is 6.54 Å². The number of aromatic nitrogens is 3. The normalized spacial score (nSPS) is 10.7. The highest BCUT2D eigenvalue weighted by Crippen LogP contribution is 2.22. The van der Waals surface area contributed by atoms with Crippen LogP contribution in [-0.4, -0.2) is 29.0 Å². The Morgan fingerprint density at radius 1 is 1.09 bits per heavy atom. The van der Waals surface area contributed by atoms with Crippen molar-refractivity contribution in [1.82, 2.24) is 15.0 Å². The molecule has 0 aliphatic carbocycles. The maximum absolute atomic E-state index is 4.67. The smallest absolute Gasteiger partial charge is 0.223 e. The molecule has 0 saturated carbocycles. The summed E-state index contributed by atoms with van der Waals surface area (Å²) in [5, 5.41) is 4.44. The van der Waals surface area contributed by atoms with Crippen LogP contribution >= 0.6 is 0 Å². The molecule has 3 aromatic rings. The highest BCUT2D eigenvalue weighted by molar-refractivity contribution is 5.84. The first-order valence-electron chi connectivity index (χ1n) is 7.23. The molecule has 112 valence electrons. The lowest BCUT2D eigenvalue weighted by Crippen LogP contribution is -2.12. The van der Waals surface area contributed by atoms with E-state index >= 15 is 0 Å². The maximum atomic E-state index is 4.67. The van der Waals surface area contributed by atoms with E-state index in [4.69, 9.17) is 0 Å². The molecule has 1 N–H and O–H groups in total. The Hall–Kier alpha value is -2.69. The number of benzene rings is 1. The molecule has 22 heavy (non-hydrogen) atoms. The molecule has 0 saturated heterocycles. The van der Waals surface area contributed by atoms with Crippen LogP contribution in [0, 0.1) is 6.92 Å². The summed E-state index contributed by atoms with van der Waals surface area (Å²) in [6, 6.07) is 12.2. The van der Waals surface area contributed by atoms with Gasteiger partial charge in [0.05, 0.1) is 5.52 Å². The van der Waals surface area contributed by atoms with E-state index in [1.54, 1.807) is 6.20 Å². The SMILES string of the molecule is Cc1ccnc(NCc2cc(N(C)C)nc3ccccc23)n1. The van der Waals surface area contributed by atoms with E-state index in [1.807, 2.05) is 50.2 Å². The lowest BCUT2D eigenvalue weighted by molar-refractivity contribution is 1.02. The fourth-order valence-corrected chi connectivity index (χ4v) is 2.32. The third-order valence-electron chi connectivity index (χ3n) is 3.48. The Morgan fingerprint density at radius 2 is 1.91 bits per heavy atom. The number of nitrogens with one attached hydrogen (secondary N) is 1. The lowest BCUT2D eigenvalue weighted by Gasteiger charge is -2.15. The average molecular weight is 293 g/mol. The van der Waals surface area contributed by atoms with Gasteiger partial charge >= 0.3 is 0 Å². The first kappa shape index (κ1) is 14.3. The number of fused-ring (bicyclic) bond motifs is 1. The summed E-state index contributed by atoms with van der Waals surface area (Å²) >= 11 is 0. The molecule has 0 spiro atoms. The molecule has 5 heteroatoms. The van der Waals surface area contributed by atoms with E-state index in [0.717, 1.165) is 22.4 Å².